The van der Waals surface area contributed by atoms with Crippen molar-refractivity contribution < 1.29 is 0 Å². The Morgan fingerprint density at radius 2 is 1.72 bits per heavy atom. The molecule has 2 unspecified atom stereocenters. The summed E-state index contributed by atoms with van der Waals surface area (Å²) in [5.41, 5.74) is 2.84. The molecule has 100 valence electrons. The SMILES string of the molecule is CCCc1ccccc1NC1CC(C)CC(C)C1. The van der Waals surface area contributed by atoms with E-state index in [1.807, 2.05) is 0 Å². The molecule has 0 amide bonds. The molecule has 1 aromatic rings. The van der Waals surface area contributed by atoms with Crippen molar-refractivity contribution in [2.45, 2.75) is 58.9 Å². The smallest absolute Gasteiger partial charge is 0.0374 e. The topological polar surface area (TPSA) is 12.0 Å². The fourth-order valence-electron chi connectivity index (χ4n) is 3.43. The summed E-state index contributed by atoms with van der Waals surface area (Å²) in [7, 11) is 0. The van der Waals surface area contributed by atoms with Crippen LogP contribution in [0, 0.1) is 11.8 Å². The maximum Gasteiger partial charge on any atom is 0.0374 e. The van der Waals surface area contributed by atoms with E-state index in [2.05, 4.69) is 50.4 Å². The zero-order valence-electron chi connectivity index (χ0n) is 12.1. The molecule has 1 saturated carbocycles. The van der Waals surface area contributed by atoms with Gasteiger partial charge in [-0.3, -0.25) is 0 Å². The van der Waals surface area contributed by atoms with Crippen molar-refractivity contribution in [3.63, 3.8) is 0 Å². The minimum atomic E-state index is 0.668. The average Bonchev–Trinajstić information content (AvgIpc) is 2.30. The van der Waals surface area contributed by atoms with Gasteiger partial charge < -0.3 is 5.32 Å². The Kier molecular flexibility index (Phi) is 4.68. The third-order valence-electron chi connectivity index (χ3n) is 4.07. The maximum atomic E-state index is 3.80. The van der Waals surface area contributed by atoms with E-state index in [1.165, 1.54) is 43.4 Å². The van der Waals surface area contributed by atoms with Crippen molar-refractivity contribution >= 4 is 5.69 Å². The van der Waals surface area contributed by atoms with Crippen molar-refractivity contribution in [3.8, 4) is 0 Å². The van der Waals surface area contributed by atoms with Gasteiger partial charge in [0.25, 0.3) is 0 Å². The first-order valence-electron chi connectivity index (χ1n) is 7.53. The molecular formula is C17H27N. The lowest BCUT2D eigenvalue weighted by molar-refractivity contribution is 0.281. The number of aryl methyl sites for hydroxylation is 1. The first kappa shape index (κ1) is 13.5. The molecule has 1 aromatic carbocycles. The number of rotatable bonds is 4. The zero-order chi connectivity index (χ0) is 13.0. The van der Waals surface area contributed by atoms with Crippen LogP contribution in [0.1, 0.15) is 52.0 Å². The summed E-state index contributed by atoms with van der Waals surface area (Å²) in [4.78, 5) is 0. The summed E-state index contributed by atoms with van der Waals surface area (Å²) >= 11 is 0. The maximum absolute atomic E-state index is 3.80. The van der Waals surface area contributed by atoms with Crippen LogP contribution >= 0.6 is 0 Å². The predicted octanol–water partition coefficient (Wildman–Crippen LogP) is 4.88. The van der Waals surface area contributed by atoms with Gasteiger partial charge in [0.2, 0.25) is 0 Å². The van der Waals surface area contributed by atoms with Gasteiger partial charge in [-0.15, -0.1) is 0 Å². The summed E-state index contributed by atoms with van der Waals surface area (Å²) in [6.45, 7) is 7.03. The van der Waals surface area contributed by atoms with E-state index in [4.69, 9.17) is 0 Å². The van der Waals surface area contributed by atoms with Crippen molar-refractivity contribution in [2.24, 2.45) is 11.8 Å². The lowest BCUT2D eigenvalue weighted by atomic mass is 9.80. The van der Waals surface area contributed by atoms with Crippen LogP contribution in [0.25, 0.3) is 0 Å². The molecule has 18 heavy (non-hydrogen) atoms. The van der Waals surface area contributed by atoms with Crippen molar-refractivity contribution in [1.82, 2.24) is 0 Å². The van der Waals surface area contributed by atoms with E-state index in [1.54, 1.807) is 0 Å². The van der Waals surface area contributed by atoms with Gasteiger partial charge in [0.15, 0.2) is 0 Å². The Morgan fingerprint density at radius 3 is 2.39 bits per heavy atom. The minimum Gasteiger partial charge on any atom is -0.382 e. The summed E-state index contributed by atoms with van der Waals surface area (Å²) in [6.07, 6.45) is 6.45. The number of nitrogens with one attached hydrogen (secondary N) is 1. The standard InChI is InChI=1S/C17H27N/c1-4-7-15-8-5-6-9-17(15)18-16-11-13(2)10-14(3)12-16/h5-6,8-9,13-14,16,18H,4,7,10-12H2,1-3H3. The molecule has 0 spiro atoms. The van der Waals surface area contributed by atoms with Gasteiger partial charge in [0, 0.05) is 11.7 Å². The second kappa shape index (κ2) is 6.26. The molecule has 1 aliphatic carbocycles. The van der Waals surface area contributed by atoms with Crippen LogP contribution < -0.4 is 5.32 Å². The summed E-state index contributed by atoms with van der Waals surface area (Å²) in [5.74, 6) is 1.73. The highest BCUT2D eigenvalue weighted by Gasteiger charge is 2.23. The van der Waals surface area contributed by atoms with Gasteiger partial charge in [0.05, 0.1) is 0 Å². The summed E-state index contributed by atoms with van der Waals surface area (Å²) in [5, 5.41) is 3.80. The Labute approximate surface area is 112 Å². The van der Waals surface area contributed by atoms with Crippen LogP contribution in [0.3, 0.4) is 0 Å². The van der Waals surface area contributed by atoms with Gasteiger partial charge >= 0.3 is 0 Å². The lowest BCUT2D eigenvalue weighted by Crippen LogP contribution is -2.30. The molecule has 1 fully saturated rings. The number of anilines is 1. The zero-order valence-corrected chi connectivity index (χ0v) is 12.1. The molecule has 0 radical (unpaired) electrons. The molecule has 0 aliphatic heterocycles. The fourth-order valence-corrected chi connectivity index (χ4v) is 3.43. The van der Waals surface area contributed by atoms with E-state index in [-0.39, 0.29) is 0 Å². The van der Waals surface area contributed by atoms with E-state index >= 15 is 0 Å². The van der Waals surface area contributed by atoms with Gasteiger partial charge in [-0.05, 0) is 49.1 Å². The fraction of sp³-hybridized carbons (Fsp3) is 0.647. The van der Waals surface area contributed by atoms with Crippen LogP contribution in [-0.4, -0.2) is 6.04 Å². The van der Waals surface area contributed by atoms with Gasteiger partial charge in [-0.2, -0.15) is 0 Å². The van der Waals surface area contributed by atoms with Gasteiger partial charge in [0.1, 0.15) is 0 Å². The molecule has 0 aromatic heterocycles. The highest BCUT2D eigenvalue weighted by molar-refractivity contribution is 5.51. The molecular weight excluding hydrogens is 218 g/mol. The summed E-state index contributed by atoms with van der Waals surface area (Å²) in [6, 6.07) is 9.48. The van der Waals surface area contributed by atoms with Crippen LogP contribution in [0.15, 0.2) is 24.3 Å². The van der Waals surface area contributed by atoms with Crippen LogP contribution in [0.5, 0.6) is 0 Å². The average molecular weight is 245 g/mol. The van der Waals surface area contributed by atoms with Crippen molar-refractivity contribution in [2.75, 3.05) is 5.32 Å². The molecule has 1 nitrogen and oxygen atoms in total. The van der Waals surface area contributed by atoms with E-state index in [9.17, 15) is 0 Å². The normalized spacial score (nSPS) is 28.1. The number of para-hydroxylation sites is 1. The predicted molar refractivity (Wildman–Crippen MR) is 80.0 cm³/mol. The first-order valence-corrected chi connectivity index (χ1v) is 7.53. The Bertz CT molecular complexity index is 362. The largest absolute Gasteiger partial charge is 0.382 e. The Balaban J connectivity index is 2.04. The number of hydrogen-bond donors (Lipinski definition) is 1. The Hall–Kier alpha value is -0.980. The second-order valence-corrected chi connectivity index (χ2v) is 6.17. The molecule has 0 saturated heterocycles. The minimum absolute atomic E-state index is 0.668. The lowest BCUT2D eigenvalue weighted by Gasteiger charge is -2.33. The van der Waals surface area contributed by atoms with Gasteiger partial charge in [-0.1, -0.05) is 45.4 Å². The van der Waals surface area contributed by atoms with E-state index < -0.39 is 0 Å². The molecule has 1 heteroatoms. The monoisotopic (exact) mass is 245 g/mol. The molecule has 0 bridgehead atoms. The molecule has 2 rings (SSSR count). The first-order chi connectivity index (χ1) is 8.69. The Morgan fingerprint density at radius 1 is 1.06 bits per heavy atom. The van der Waals surface area contributed by atoms with Crippen LogP contribution in [0.2, 0.25) is 0 Å². The number of hydrogen-bond acceptors (Lipinski definition) is 1. The number of benzene rings is 1. The highest BCUT2D eigenvalue weighted by Crippen LogP contribution is 2.31. The third kappa shape index (κ3) is 3.51. The van der Waals surface area contributed by atoms with Crippen molar-refractivity contribution in [1.29, 1.82) is 0 Å². The van der Waals surface area contributed by atoms with Gasteiger partial charge in [-0.25, -0.2) is 0 Å². The second-order valence-electron chi connectivity index (χ2n) is 6.17. The van der Waals surface area contributed by atoms with Crippen molar-refractivity contribution in [3.05, 3.63) is 29.8 Å². The van der Waals surface area contributed by atoms with E-state index in [0.29, 0.717) is 6.04 Å². The quantitative estimate of drug-likeness (QED) is 0.797. The molecule has 1 N–H and O–H groups in total. The molecule has 1 aliphatic rings. The van der Waals surface area contributed by atoms with E-state index in [0.717, 1.165) is 11.8 Å². The molecule has 2 atom stereocenters. The summed E-state index contributed by atoms with van der Waals surface area (Å²) < 4.78 is 0. The third-order valence-corrected chi connectivity index (χ3v) is 4.07. The highest BCUT2D eigenvalue weighted by atomic mass is 14.9. The molecule has 0 heterocycles. The van der Waals surface area contributed by atoms with Crippen LogP contribution in [0.4, 0.5) is 5.69 Å². The van der Waals surface area contributed by atoms with Crippen LogP contribution in [-0.2, 0) is 6.42 Å².